The molecule has 0 aromatic heterocycles. The SMILES string of the molecule is COC(=O)/C(=C/c1ccccc1C#Cc1ccccc1)C[N+](=O)[O-]. The number of carbonyl (C=O) groups is 1. The molecule has 0 aliphatic heterocycles. The Hall–Kier alpha value is -3.39. The minimum Gasteiger partial charge on any atom is -0.465 e. The summed E-state index contributed by atoms with van der Waals surface area (Å²) in [4.78, 5) is 21.9. The van der Waals surface area contributed by atoms with Crippen molar-refractivity contribution in [2.75, 3.05) is 13.7 Å². The lowest BCUT2D eigenvalue weighted by Gasteiger charge is -2.03. The quantitative estimate of drug-likeness (QED) is 0.285. The Morgan fingerprint density at radius 1 is 1.12 bits per heavy atom. The zero-order valence-corrected chi connectivity index (χ0v) is 13.1. The van der Waals surface area contributed by atoms with Crippen molar-refractivity contribution in [3.05, 3.63) is 87.0 Å². The van der Waals surface area contributed by atoms with Gasteiger partial charge in [-0.3, -0.25) is 10.1 Å². The topological polar surface area (TPSA) is 69.4 Å². The minimum absolute atomic E-state index is 0.0311. The molecular weight excluding hydrogens is 306 g/mol. The predicted molar refractivity (Wildman–Crippen MR) is 90.7 cm³/mol. The van der Waals surface area contributed by atoms with Crippen LogP contribution in [0.1, 0.15) is 16.7 Å². The summed E-state index contributed by atoms with van der Waals surface area (Å²) in [7, 11) is 1.19. The summed E-state index contributed by atoms with van der Waals surface area (Å²) >= 11 is 0. The van der Waals surface area contributed by atoms with Crippen LogP contribution in [-0.2, 0) is 9.53 Å². The second kappa shape index (κ2) is 8.30. The molecule has 0 aliphatic carbocycles. The molecule has 0 heterocycles. The molecule has 0 spiro atoms. The Morgan fingerprint density at radius 3 is 2.46 bits per heavy atom. The summed E-state index contributed by atoms with van der Waals surface area (Å²) in [5.41, 5.74) is 2.13. The second-order valence-electron chi connectivity index (χ2n) is 4.86. The van der Waals surface area contributed by atoms with Gasteiger partial charge < -0.3 is 4.74 Å². The number of hydrogen-bond acceptors (Lipinski definition) is 4. The van der Waals surface area contributed by atoms with E-state index in [1.54, 1.807) is 18.2 Å². The molecule has 0 aliphatic rings. The number of methoxy groups -OCH3 is 1. The maximum atomic E-state index is 11.7. The highest BCUT2D eigenvalue weighted by Gasteiger charge is 2.16. The van der Waals surface area contributed by atoms with E-state index in [9.17, 15) is 14.9 Å². The van der Waals surface area contributed by atoms with Gasteiger partial charge in [-0.15, -0.1) is 0 Å². The first-order chi connectivity index (χ1) is 11.6. The molecule has 24 heavy (non-hydrogen) atoms. The molecule has 2 aromatic carbocycles. The third-order valence-corrected chi connectivity index (χ3v) is 3.15. The van der Waals surface area contributed by atoms with Crippen molar-refractivity contribution in [3.8, 4) is 11.8 Å². The normalized spacial score (nSPS) is 10.5. The van der Waals surface area contributed by atoms with Gasteiger partial charge in [0.15, 0.2) is 0 Å². The number of carbonyl (C=O) groups excluding carboxylic acids is 1. The van der Waals surface area contributed by atoms with Gasteiger partial charge >= 0.3 is 5.97 Å². The highest BCUT2D eigenvalue weighted by Crippen LogP contribution is 2.14. The summed E-state index contributed by atoms with van der Waals surface area (Å²) < 4.78 is 4.61. The van der Waals surface area contributed by atoms with Crippen LogP contribution in [0.2, 0.25) is 0 Å². The largest absolute Gasteiger partial charge is 0.465 e. The standard InChI is InChI=1S/C19H15NO4/c1-24-19(21)18(14-20(22)23)13-17-10-6-5-9-16(17)12-11-15-7-3-2-4-8-15/h2-10,13H,14H2,1H3/b18-13+. The van der Waals surface area contributed by atoms with Crippen molar-refractivity contribution in [1.29, 1.82) is 0 Å². The fraction of sp³-hybridized carbons (Fsp3) is 0.105. The number of esters is 1. The molecule has 0 radical (unpaired) electrons. The van der Waals surface area contributed by atoms with E-state index in [4.69, 9.17) is 0 Å². The first kappa shape index (κ1) is 17.0. The van der Waals surface area contributed by atoms with E-state index in [0.29, 0.717) is 11.1 Å². The van der Waals surface area contributed by atoms with Crippen molar-refractivity contribution in [2.45, 2.75) is 0 Å². The fourth-order valence-corrected chi connectivity index (χ4v) is 2.02. The van der Waals surface area contributed by atoms with Gasteiger partial charge in [-0.2, -0.15) is 0 Å². The first-order valence-corrected chi connectivity index (χ1v) is 7.17. The number of nitrogens with zero attached hydrogens (tertiary/aromatic N) is 1. The number of nitro groups is 1. The van der Waals surface area contributed by atoms with Crippen LogP contribution < -0.4 is 0 Å². The Labute approximate surface area is 139 Å². The minimum atomic E-state index is -0.725. The Bertz CT molecular complexity index is 829. The van der Waals surface area contributed by atoms with Crippen LogP contribution in [-0.4, -0.2) is 24.5 Å². The van der Waals surface area contributed by atoms with Gasteiger partial charge in [0.2, 0.25) is 6.54 Å². The Balaban J connectivity index is 2.40. The van der Waals surface area contributed by atoms with Gasteiger partial charge in [-0.25, -0.2) is 4.79 Å². The van der Waals surface area contributed by atoms with Gasteiger partial charge in [0.05, 0.1) is 7.11 Å². The van der Waals surface area contributed by atoms with Crippen LogP contribution in [0.5, 0.6) is 0 Å². The summed E-state index contributed by atoms with van der Waals surface area (Å²) in [5, 5.41) is 10.7. The summed E-state index contributed by atoms with van der Waals surface area (Å²) in [6, 6.07) is 16.6. The lowest BCUT2D eigenvalue weighted by molar-refractivity contribution is -0.470. The van der Waals surface area contributed by atoms with E-state index < -0.39 is 17.4 Å². The molecule has 5 heteroatoms. The van der Waals surface area contributed by atoms with Crippen LogP contribution >= 0.6 is 0 Å². The van der Waals surface area contributed by atoms with Gasteiger partial charge in [-0.1, -0.05) is 48.2 Å². The molecule has 0 amide bonds. The zero-order valence-electron chi connectivity index (χ0n) is 13.1. The zero-order chi connectivity index (χ0) is 17.4. The third-order valence-electron chi connectivity index (χ3n) is 3.15. The van der Waals surface area contributed by atoms with Crippen LogP contribution in [0.15, 0.2) is 60.2 Å². The molecule has 2 aromatic rings. The molecule has 120 valence electrons. The lowest BCUT2D eigenvalue weighted by Crippen LogP contribution is -2.14. The summed E-state index contributed by atoms with van der Waals surface area (Å²) in [6.45, 7) is -0.604. The number of rotatable bonds is 4. The van der Waals surface area contributed by atoms with Crippen LogP contribution in [0.25, 0.3) is 6.08 Å². The Kier molecular flexibility index (Phi) is 5.87. The van der Waals surface area contributed by atoms with Gasteiger partial charge in [-0.05, 0) is 29.8 Å². The molecule has 0 unspecified atom stereocenters. The molecule has 0 saturated carbocycles. The van der Waals surface area contributed by atoms with Crippen molar-refractivity contribution in [2.24, 2.45) is 0 Å². The average Bonchev–Trinajstić information content (AvgIpc) is 2.60. The second-order valence-corrected chi connectivity index (χ2v) is 4.86. The molecule has 0 bridgehead atoms. The molecule has 0 atom stereocenters. The average molecular weight is 321 g/mol. The van der Waals surface area contributed by atoms with Crippen LogP contribution in [0.4, 0.5) is 0 Å². The van der Waals surface area contributed by atoms with Gasteiger partial charge in [0.25, 0.3) is 0 Å². The van der Waals surface area contributed by atoms with E-state index in [-0.39, 0.29) is 5.57 Å². The van der Waals surface area contributed by atoms with E-state index >= 15 is 0 Å². The number of hydrogen-bond donors (Lipinski definition) is 0. The molecule has 0 fully saturated rings. The monoisotopic (exact) mass is 321 g/mol. The number of benzene rings is 2. The van der Waals surface area contributed by atoms with Gasteiger partial charge in [0, 0.05) is 16.1 Å². The van der Waals surface area contributed by atoms with E-state index in [0.717, 1.165) is 5.56 Å². The van der Waals surface area contributed by atoms with Crippen molar-refractivity contribution < 1.29 is 14.5 Å². The van der Waals surface area contributed by atoms with Crippen molar-refractivity contribution in [1.82, 2.24) is 0 Å². The van der Waals surface area contributed by atoms with Gasteiger partial charge in [0.1, 0.15) is 5.57 Å². The molecular formula is C19H15NO4. The molecule has 0 saturated heterocycles. The first-order valence-electron chi connectivity index (χ1n) is 7.17. The Morgan fingerprint density at radius 2 is 1.79 bits per heavy atom. The van der Waals surface area contributed by atoms with Crippen LogP contribution in [0, 0.1) is 22.0 Å². The smallest absolute Gasteiger partial charge is 0.340 e. The fourth-order valence-electron chi connectivity index (χ4n) is 2.02. The van der Waals surface area contributed by atoms with E-state index in [2.05, 4.69) is 16.6 Å². The summed E-state index contributed by atoms with van der Waals surface area (Å²) in [6.07, 6.45) is 1.45. The lowest BCUT2D eigenvalue weighted by atomic mass is 10.0. The van der Waals surface area contributed by atoms with E-state index in [1.165, 1.54) is 13.2 Å². The van der Waals surface area contributed by atoms with Crippen molar-refractivity contribution >= 4 is 12.0 Å². The molecule has 2 rings (SSSR count). The number of ether oxygens (including phenoxy) is 1. The van der Waals surface area contributed by atoms with E-state index in [1.807, 2.05) is 36.4 Å². The maximum absolute atomic E-state index is 11.7. The molecule has 5 nitrogen and oxygen atoms in total. The highest BCUT2D eigenvalue weighted by atomic mass is 16.6. The van der Waals surface area contributed by atoms with Crippen molar-refractivity contribution in [3.63, 3.8) is 0 Å². The third kappa shape index (κ3) is 4.82. The maximum Gasteiger partial charge on any atom is 0.340 e. The highest BCUT2D eigenvalue weighted by molar-refractivity contribution is 5.94. The predicted octanol–water partition coefficient (Wildman–Crippen LogP) is 2.92. The summed E-state index contributed by atoms with van der Waals surface area (Å²) in [5.74, 6) is 5.33. The molecule has 0 N–H and O–H groups in total. The van der Waals surface area contributed by atoms with Crippen LogP contribution in [0.3, 0.4) is 0 Å².